The fourth-order valence-corrected chi connectivity index (χ4v) is 3.91. The van der Waals surface area contributed by atoms with Gasteiger partial charge in [0.2, 0.25) is 0 Å². The number of carboxylic acid groups (broad SMARTS) is 1. The predicted octanol–water partition coefficient (Wildman–Crippen LogP) is 3.59. The van der Waals surface area contributed by atoms with Crippen molar-refractivity contribution in [3.8, 4) is 11.5 Å². The summed E-state index contributed by atoms with van der Waals surface area (Å²) in [5.41, 5.74) is 2.49. The van der Waals surface area contributed by atoms with Crippen molar-refractivity contribution in [2.24, 2.45) is 0 Å². The van der Waals surface area contributed by atoms with Gasteiger partial charge in [-0.25, -0.2) is 9.59 Å². The maximum atomic E-state index is 12.3. The standard InChI is InChI=1S/C25H24O7/c26-17(14-30-20-9-4-1-6-16(20)12-13-23(27)28)15-31-21-10-5-11-22-24(21)18-7-2-3-8-19(18)25(29)32-22/h1,4-6,9-13,17,26H,2-3,7-8,14-15H2,(H,27,28)/b13-12-. The summed E-state index contributed by atoms with van der Waals surface area (Å²) in [5.74, 6) is -0.0281. The molecule has 7 nitrogen and oxygen atoms in total. The van der Waals surface area contributed by atoms with E-state index in [0.717, 1.165) is 41.9 Å². The lowest BCUT2D eigenvalue weighted by Crippen LogP contribution is -2.25. The van der Waals surface area contributed by atoms with Crippen molar-refractivity contribution in [1.29, 1.82) is 0 Å². The van der Waals surface area contributed by atoms with Crippen LogP contribution in [-0.2, 0) is 17.6 Å². The summed E-state index contributed by atoms with van der Waals surface area (Å²) in [6.45, 7) is -0.0456. The minimum Gasteiger partial charge on any atom is -0.490 e. The second-order valence-corrected chi connectivity index (χ2v) is 7.67. The van der Waals surface area contributed by atoms with Crippen LogP contribution in [0.2, 0.25) is 0 Å². The van der Waals surface area contributed by atoms with Gasteiger partial charge >= 0.3 is 11.6 Å². The normalized spacial score (nSPS) is 14.3. The van der Waals surface area contributed by atoms with E-state index in [4.69, 9.17) is 19.0 Å². The maximum absolute atomic E-state index is 12.3. The highest BCUT2D eigenvalue weighted by molar-refractivity contribution is 5.88. The van der Waals surface area contributed by atoms with Gasteiger partial charge in [0.25, 0.3) is 0 Å². The third-order valence-corrected chi connectivity index (χ3v) is 5.39. The molecule has 7 heteroatoms. The Kier molecular flexibility index (Phi) is 6.56. The first-order chi connectivity index (χ1) is 15.5. The molecule has 0 saturated heterocycles. The predicted molar refractivity (Wildman–Crippen MR) is 119 cm³/mol. The Labute approximate surface area is 184 Å². The van der Waals surface area contributed by atoms with Crippen molar-refractivity contribution in [3.63, 3.8) is 0 Å². The van der Waals surface area contributed by atoms with Gasteiger partial charge in [-0.15, -0.1) is 0 Å². The Morgan fingerprint density at radius 1 is 1.00 bits per heavy atom. The third kappa shape index (κ3) is 4.84. The van der Waals surface area contributed by atoms with Gasteiger partial charge in [-0.05, 0) is 55.5 Å². The fourth-order valence-electron chi connectivity index (χ4n) is 3.91. The highest BCUT2D eigenvalue weighted by Crippen LogP contribution is 2.33. The number of para-hydroxylation sites is 1. The van der Waals surface area contributed by atoms with Crippen LogP contribution < -0.4 is 15.1 Å². The molecule has 3 aromatic rings. The molecule has 0 spiro atoms. The lowest BCUT2D eigenvalue weighted by molar-refractivity contribution is -0.131. The van der Waals surface area contributed by atoms with E-state index in [1.807, 2.05) is 0 Å². The Morgan fingerprint density at radius 3 is 2.47 bits per heavy atom. The molecule has 0 bridgehead atoms. The van der Waals surface area contributed by atoms with Crippen molar-refractivity contribution in [3.05, 3.63) is 75.7 Å². The van der Waals surface area contributed by atoms with E-state index >= 15 is 0 Å². The highest BCUT2D eigenvalue weighted by atomic mass is 16.5. The van der Waals surface area contributed by atoms with E-state index in [0.29, 0.717) is 29.1 Å². The summed E-state index contributed by atoms with van der Waals surface area (Å²) in [7, 11) is 0. The van der Waals surface area contributed by atoms with E-state index in [-0.39, 0.29) is 18.8 Å². The summed E-state index contributed by atoms with van der Waals surface area (Å²) in [4.78, 5) is 23.0. The van der Waals surface area contributed by atoms with Gasteiger partial charge in [-0.1, -0.05) is 24.3 Å². The smallest absolute Gasteiger partial charge is 0.339 e. The number of ether oxygens (including phenoxy) is 2. The number of benzene rings is 2. The number of hydrogen-bond acceptors (Lipinski definition) is 6. The van der Waals surface area contributed by atoms with Crippen molar-refractivity contribution in [2.45, 2.75) is 31.8 Å². The molecule has 0 aliphatic heterocycles. The van der Waals surface area contributed by atoms with Crippen LogP contribution >= 0.6 is 0 Å². The summed E-state index contributed by atoms with van der Waals surface area (Å²) >= 11 is 0. The number of aliphatic hydroxyl groups is 1. The molecule has 0 amide bonds. The average molecular weight is 436 g/mol. The molecule has 1 aliphatic carbocycles. The van der Waals surface area contributed by atoms with Crippen LogP contribution in [0.25, 0.3) is 17.0 Å². The zero-order valence-corrected chi connectivity index (χ0v) is 17.5. The summed E-state index contributed by atoms with van der Waals surface area (Å²) in [6, 6.07) is 12.3. The number of aliphatic hydroxyl groups excluding tert-OH is 1. The molecule has 32 heavy (non-hydrogen) atoms. The van der Waals surface area contributed by atoms with Crippen LogP contribution in [0.5, 0.6) is 11.5 Å². The summed E-state index contributed by atoms with van der Waals surface area (Å²) < 4.78 is 17.1. The van der Waals surface area contributed by atoms with Crippen LogP contribution in [0.4, 0.5) is 0 Å². The van der Waals surface area contributed by atoms with E-state index < -0.39 is 12.1 Å². The first-order valence-electron chi connectivity index (χ1n) is 10.5. The van der Waals surface area contributed by atoms with Crippen molar-refractivity contribution in [2.75, 3.05) is 13.2 Å². The lowest BCUT2D eigenvalue weighted by Gasteiger charge is -2.19. The molecule has 2 aromatic carbocycles. The van der Waals surface area contributed by atoms with Crippen molar-refractivity contribution < 1.29 is 28.9 Å². The van der Waals surface area contributed by atoms with Gasteiger partial charge in [0.1, 0.15) is 36.4 Å². The van der Waals surface area contributed by atoms with E-state index in [9.17, 15) is 14.7 Å². The van der Waals surface area contributed by atoms with E-state index in [1.165, 1.54) is 6.08 Å². The molecular formula is C25H24O7. The van der Waals surface area contributed by atoms with E-state index in [1.54, 1.807) is 42.5 Å². The maximum Gasteiger partial charge on any atom is 0.339 e. The van der Waals surface area contributed by atoms with Crippen LogP contribution in [-0.4, -0.2) is 35.5 Å². The number of aryl methyl sites for hydroxylation is 1. The topological polar surface area (TPSA) is 106 Å². The van der Waals surface area contributed by atoms with Crippen LogP contribution in [0.3, 0.4) is 0 Å². The lowest BCUT2D eigenvalue weighted by atomic mass is 9.90. The minimum absolute atomic E-state index is 0.0137. The highest BCUT2D eigenvalue weighted by Gasteiger charge is 2.21. The van der Waals surface area contributed by atoms with Crippen LogP contribution in [0.1, 0.15) is 29.5 Å². The summed E-state index contributed by atoms with van der Waals surface area (Å²) in [5, 5.41) is 20.0. The zero-order valence-electron chi connectivity index (χ0n) is 17.5. The number of carboxylic acids is 1. The molecule has 0 radical (unpaired) electrons. The molecule has 1 atom stereocenters. The van der Waals surface area contributed by atoms with Crippen molar-refractivity contribution >= 4 is 23.0 Å². The molecule has 1 aromatic heterocycles. The third-order valence-electron chi connectivity index (χ3n) is 5.39. The van der Waals surface area contributed by atoms with Crippen LogP contribution in [0.15, 0.2) is 57.8 Å². The molecule has 166 valence electrons. The van der Waals surface area contributed by atoms with E-state index in [2.05, 4.69) is 0 Å². The molecular weight excluding hydrogens is 412 g/mol. The molecule has 1 unspecified atom stereocenters. The molecule has 1 heterocycles. The number of fused-ring (bicyclic) bond motifs is 3. The number of aliphatic carboxylic acids is 1. The number of rotatable bonds is 8. The molecule has 0 fully saturated rings. The van der Waals surface area contributed by atoms with Crippen LogP contribution in [0, 0.1) is 0 Å². The van der Waals surface area contributed by atoms with Gasteiger partial charge in [-0.2, -0.15) is 0 Å². The fraction of sp³-hybridized carbons (Fsp3) is 0.280. The van der Waals surface area contributed by atoms with Crippen molar-refractivity contribution in [1.82, 2.24) is 0 Å². The first kappa shape index (κ1) is 21.6. The molecule has 1 aliphatic rings. The Bertz CT molecular complexity index is 1210. The minimum atomic E-state index is -1.05. The summed E-state index contributed by atoms with van der Waals surface area (Å²) in [6.07, 6.45) is 5.01. The quantitative estimate of drug-likeness (QED) is 0.411. The number of hydrogen-bond donors (Lipinski definition) is 2. The Hall–Kier alpha value is -3.58. The van der Waals surface area contributed by atoms with Gasteiger partial charge in [0, 0.05) is 17.2 Å². The second kappa shape index (κ2) is 9.70. The molecule has 4 rings (SSSR count). The van der Waals surface area contributed by atoms with Gasteiger partial charge in [-0.3, -0.25) is 0 Å². The Morgan fingerprint density at radius 2 is 1.69 bits per heavy atom. The monoisotopic (exact) mass is 436 g/mol. The molecule has 2 N–H and O–H groups in total. The zero-order chi connectivity index (χ0) is 22.5. The first-order valence-corrected chi connectivity index (χ1v) is 10.5. The van der Waals surface area contributed by atoms with Gasteiger partial charge < -0.3 is 24.1 Å². The largest absolute Gasteiger partial charge is 0.490 e. The second-order valence-electron chi connectivity index (χ2n) is 7.67. The molecule has 0 saturated carbocycles. The average Bonchev–Trinajstić information content (AvgIpc) is 2.80. The van der Waals surface area contributed by atoms with Gasteiger partial charge in [0.05, 0.1) is 5.39 Å². The SMILES string of the molecule is O=C(O)/C=C\c1ccccc1OCC(O)COc1cccc2oc(=O)c3c(c12)CCCC3. The Balaban J connectivity index is 1.46. The number of carbonyl (C=O) groups is 1. The van der Waals surface area contributed by atoms with Gasteiger partial charge in [0.15, 0.2) is 0 Å².